The summed E-state index contributed by atoms with van der Waals surface area (Å²) < 4.78 is 1.83. The molecule has 0 fully saturated rings. The highest BCUT2D eigenvalue weighted by Gasteiger charge is 2.07. The molecule has 0 amide bonds. The van der Waals surface area contributed by atoms with Gasteiger partial charge < -0.3 is 4.57 Å². The van der Waals surface area contributed by atoms with Crippen LogP contribution < -0.4 is 5.56 Å². The fourth-order valence-corrected chi connectivity index (χ4v) is 3.16. The standard InChI is InChI=1S/C24H19NO/c26-24-13-7-12-23(22-10-5-2-6-11-22)25(24)18-19-14-16-21(17-15-19)20-8-3-1-4-9-20/h1-17H,18H2. The molecule has 0 saturated heterocycles. The molecule has 1 aromatic heterocycles. The molecule has 0 spiro atoms. The Balaban J connectivity index is 1.67. The van der Waals surface area contributed by atoms with Gasteiger partial charge in [0.05, 0.1) is 12.2 Å². The lowest BCUT2D eigenvalue weighted by atomic mass is 10.0. The van der Waals surface area contributed by atoms with Gasteiger partial charge in [0.2, 0.25) is 0 Å². The molecule has 126 valence electrons. The summed E-state index contributed by atoms with van der Waals surface area (Å²) in [5, 5.41) is 0. The van der Waals surface area contributed by atoms with Crippen LogP contribution in [0.2, 0.25) is 0 Å². The van der Waals surface area contributed by atoms with Crippen molar-refractivity contribution in [2.45, 2.75) is 6.54 Å². The fourth-order valence-electron chi connectivity index (χ4n) is 3.16. The highest BCUT2D eigenvalue weighted by molar-refractivity contribution is 5.63. The zero-order valence-corrected chi connectivity index (χ0v) is 14.4. The maximum atomic E-state index is 12.5. The first-order valence-corrected chi connectivity index (χ1v) is 8.71. The number of rotatable bonds is 4. The summed E-state index contributed by atoms with van der Waals surface area (Å²) in [5.74, 6) is 0. The molecule has 0 aliphatic carbocycles. The van der Waals surface area contributed by atoms with Crippen LogP contribution in [0.1, 0.15) is 5.56 Å². The van der Waals surface area contributed by atoms with Crippen molar-refractivity contribution in [3.05, 3.63) is 119 Å². The van der Waals surface area contributed by atoms with Crippen LogP contribution in [0.3, 0.4) is 0 Å². The molecule has 26 heavy (non-hydrogen) atoms. The molecule has 0 atom stereocenters. The van der Waals surface area contributed by atoms with E-state index in [1.165, 1.54) is 11.1 Å². The lowest BCUT2D eigenvalue weighted by Crippen LogP contribution is -2.21. The molecule has 0 aliphatic heterocycles. The Hall–Kier alpha value is -3.39. The van der Waals surface area contributed by atoms with Gasteiger partial charge in [0.15, 0.2) is 0 Å². The molecule has 0 bridgehead atoms. The first-order chi connectivity index (χ1) is 12.8. The number of benzene rings is 3. The number of nitrogens with zero attached hydrogens (tertiary/aromatic N) is 1. The molecular formula is C24H19NO. The van der Waals surface area contributed by atoms with E-state index in [4.69, 9.17) is 0 Å². The van der Waals surface area contributed by atoms with Crippen LogP contribution in [-0.4, -0.2) is 4.57 Å². The molecule has 2 heteroatoms. The largest absolute Gasteiger partial charge is 0.304 e. The number of pyridine rings is 1. The van der Waals surface area contributed by atoms with Crippen molar-refractivity contribution in [1.29, 1.82) is 0 Å². The van der Waals surface area contributed by atoms with E-state index in [9.17, 15) is 4.79 Å². The van der Waals surface area contributed by atoms with Gasteiger partial charge >= 0.3 is 0 Å². The highest BCUT2D eigenvalue weighted by atomic mass is 16.1. The summed E-state index contributed by atoms with van der Waals surface area (Å²) in [7, 11) is 0. The second-order valence-corrected chi connectivity index (χ2v) is 6.26. The summed E-state index contributed by atoms with van der Waals surface area (Å²) in [6, 6.07) is 34.2. The summed E-state index contributed by atoms with van der Waals surface area (Å²) in [4.78, 5) is 12.5. The Morgan fingerprint density at radius 1 is 0.538 bits per heavy atom. The Morgan fingerprint density at radius 2 is 1.12 bits per heavy atom. The van der Waals surface area contributed by atoms with Gasteiger partial charge in [-0.25, -0.2) is 0 Å². The lowest BCUT2D eigenvalue weighted by molar-refractivity contribution is 0.768. The topological polar surface area (TPSA) is 22.0 Å². The van der Waals surface area contributed by atoms with Crippen molar-refractivity contribution < 1.29 is 0 Å². The number of hydrogen-bond donors (Lipinski definition) is 0. The van der Waals surface area contributed by atoms with E-state index in [0.717, 1.165) is 16.8 Å². The Labute approximate surface area is 153 Å². The van der Waals surface area contributed by atoms with Gasteiger partial charge in [0.25, 0.3) is 5.56 Å². The van der Waals surface area contributed by atoms with Crippen LogP contribution in [0.25, 0.3) is 22.4 Å². The van der Waals surface area contributed by atoms with Gasteiger partial charge in [-0.15, -0.1) is 0 Å². The molecule has 3 aromatic carbocycles. The first-order valence-electron chi connectivity index (χ1n) is 8.71. The van der Waals surface area contributed by atoms with Crippen molar-refractivity contribution in [3.63, 3.8) is 0 Å². The summed E-state index contributed by atoms with van der Waals surface area (Å²) in [6.45, 7) is 0.555. The molecule has 0 radical (unpaired) electrons. The zero-order chi connectivity index (χ0) is 17.8. The second kappa shape index (κ2) is 7.24. The van der Waals surface area contributed by atoms with Crippen LogP contribution in [0.5, 0.6) is 0 Å². The van der Waals surface area contributed by atoms with Crippen LogP contribution in [-0.2, 0) is 6.54 Å². The minimum Gasteiger partial charge on any atom is -0.304 e. The Morgan fingerprint density at radius 3 is 1.77 bits per heavy atom. The molecule has 0 unspecified atom stereocenters. The van der Waals surface area contributed by atoms with Crippen LogP contribution in [0.15, 0.2) is 108 Å². The van der Waals surface area contributed by atoms with Crippen LogP contribution in [0, 0.1) is 0 Å². The summed E-state index contributed by atoms with van der Waals surface area (Å²) in [5.41, 5.74) is 5.48. The summed E-state index contributed by atoms with van der Waals surface area (Å²) >= 11 is 0. The van der Waals surface area contributed by atoms with E-state index in [2.05, 4.69) is 36.4 Å². The average Bonchev–Trinajstić information content (AvgIpc) is 2.71. The Kier molecular flexibility index (Phi) is 4.48. The molecule has 4 aromatic rings. The van der Waals surface area contributed by atoms with Gasteiger partial charge in [-0.05, 0) is 28.3 Å². The maximum absolute atomic E-state index is 12.5. The highest BCUT2D eigenvalue weighted by Crippen LogP contribution is 2.21. The molecule has 0 saturated carbocycles. The average molecular weight is 337 g/mol. The molecular weight excluding hydrogens is 318 g/mol. The van der Waals surface area contributed by atoms with Crippen molar-refractivity contribution in [3.8, 4) is 22.4 Å². The SMILES string of the molecule is O=c1cccc(-c2ccccc2)n1Cc1ccc(-c2ccccc2)cc1. The zero-order valence-electron chi connectivity index (χ0n) is 14.4. The minimum absolute atomic E-state index is 0.0125. The smallest absolute Gasteiger partial charge is 0.251 e. The van der Waals surface area contributed by atoms with E-state index in [0.29, 0.717) is 6.54 Å². The monoisotopic (exact) mass is 337 g/mol. The van der Waals surface area contributed by atoms with E-state index in [-0.39, 0.29) is 5.56 Å². The molecule has 2 nitrogen and oxygen atoms in total. The predicted molar refractivity (Wildman–Crippen MR) is 107 cm³/mol. The quantitative estimate of drug-likeness (QED) is 0.500. The first kappa shape index (κ1) is 16.1. The third-order valence-corrected chi connectivity index (χ3v) is 4.52. The summed E-state index contributed by atoms with van der Waals surface area (Å²) in [6.07, 6.45) is 0. The lowest BCUT2D eigenvalue weighted by Gasteiger charge is -2.13. The fraction of sp³-hybridized carbons (Fsp3) is 0.0417. The van der Waals surface area contributed by atoms with E-state index in [1.807, 2.05) is 65.2 Å². The van der Waals surface area contributed by atoms with Gasteiger partial charge in [-0.1, -0.05) is 91.0 Å². The van der Waals surface area contributed by atoms with E-state index in [1.54, 1.807) is 6.07 Å². The van der Waals surface area contributed by atoms with Gasteiger partial charge in [-0.2, -0.15) is 0 Å². The Bertz CT molecular complexity index is 1050. The van der Waals surface area contributed by atoms with Gasteiger partial charge in [0, 0.05) is 6.07 Å². The molecule has 4 rings (SSSR count). The van der Waals surface area contributed by atoms with Crippen molar-refractivity contribution in [2.24, 2.45) is 0 Å². The number of hydrogen-bond acceptors (Lipinski definition) is 1. The van der Waals surface area contributed by atoms with Crippen LogP contribution >= 0.6 is 0 Å². The van der Waals surface area contributed by atoms with E-state index < -0.39 is 0 Å². The minimum atomic E-state index is 0.0125. The third kappa shape index (κ3) is 3.35. The van der Waals surface area contributed by atoms with E-state index >= 15 is 0 Å². The second-order valence-electron chi connectivity index (χ2n) is 6.26. The third-order valence-electron chi connectivity index (χ3n) is 4.52. The maximum Gasteiger partial charge on any atom is 0.251 e. The molecule has 0 aliphatic rings. The predicted octanol–water partition coefficient (Wildman–Crippen LogP) is 5.23. The molecule has 0 N–H and O–H groups in total. The van der Waals surface area contributed by atoms with Gasteiger partial charge in [0.1, 0.15) is 0 Å². The molecule has 1 heterocycles. The van der Waals surface area contributed by atoms with Gasteiger partial charge in [-0.3, -0.25) is 4.79 Å². The normalized spacial score (nSPS) is 10.6. The van der Waals surface area contributed by atoms with Crippen molar-refractivity contribution in [1.82, 2.24) is 4.57 Å². The van der Waals surface area contributed by atoms with Crippen LogP contribution in [0.4, 0.5) is 0 Å². The number of aromatic nitrogens is 1. The van der Waals surface area contributed by atoms with Crippen molar-refractivity contribution >= 4 is 0 Å². The van der Waals surface area contributed by atoms with Crippen molar-refractivity contribution in [2.75, 3.05) is 0 Å².